The van der Waals surface area contributed by atoms with Gasteiger partial charge >= 0.3 is 6.18 Å². The normalized spacial score (nSPS) is 11.6. The van der Waals surface area contributed by atoms with Gasteiger partial charge in [0.1, 0.15) is 0 Å². The van der Waals surface area contributed by atoms with E-state index in [4.69, 9.17) is 0 Å². The van der Waals surface area contributed by atoms with Crippen molar-refractivity contribution in [3.05, 3.63) is 53.5 Å². The van der Waals surface area contributed by atoms with Gasteiger partial charge in [-0.1, -0.05) is 41.7 Å². The highest BCUT2D eigenvalue weighted by atomic mass is 32.1. The van der Waals surface area contributed by atoms with Gasteiger partial charge in [-0.15, -0.1) is 0 Å². The van der Waals surface area contributed by atoms with Gasteiger partial charge in [0.05, 0.1) is 16.1 Å². The summed E-state index contributed by atoms with van der Waals surface area (Å²) >= 11 is 1.20. The third-order valence-corrected chi connectivity index (χ3v) is 4.52. The monoisotopic (exact) mass is 366 g/mol. The summed E-state index contributed by atoms with van der Waals surface area (Å²) in [5, 5.41) is 5.99. The van der Waals surface area contributed by atoms with E-state index in [1.54, 1.807) is 6.92 Å². The molecule has 5 nitrogen and oxygen atoms in total. The minimum absolute atomic E-state index is 0.235. The SMILES string of the molecule is Cc1nc(NC(=O)c2cn(C)nc2C(F)(F)F)sc1-c1ccccc1. The molecule has 0 unspecified atom stereocenters. The van der Waals surface area contributed by atoms with Gasteiger partial charge < -0.3 is 0 Å². The molecule has 0 aliphatic heterocycles. The number of benzene rings is 1. The molecule has 9 heteroatoms. The molecule has 0 saturated heterocycles. The Morgan fingerprint density at radius 1 is 1.24 bits per heavy atom. The fraction of sp³-hybridized carbons (Fsp3) is 0.188. The lowest BCUT2D eigenvalue weighted by atomic mass is 10.2. The van der Waals surface area contributed by atoms with E-state index in [1.165, 1.54) is 18.4 Å². The van der Waals surface area contributed by atoms with Crippen molar-refractivity contribution < 1.29 is 18.0 Å². The van der Waals surface area contributed by atoms with E-state index in [0.29, 0.717) is 5.69 Å². The quantitative estimate of drug-likeness (QED) is 0.758. The van der Waals surface area contributed by atoms with Gasteiger partial charge in [-0.25, -0.2) is 4.98 Å². The summed E-state index contributed by atoms with van der Waals surface area (Å²) in [5.74, 6) is -0.895. The number of amides is 1. The van der Waals surface area contributed by atoms with E-state index in [1.807, 2.05) is 30.3 Å². The summed E-state index contributed by atoms with van der Waals surface area (Å²) in [5.41, 5.74) is -0.141. The highest BCUT2D eigenvalue weighted by molar-refractivity contribution is 7.19. The van der Waals surface area contributed by atoms with Crippen molar-refractivity contribution in [1.29, 1.82) is 0 Å². The van der Waals surface area contributed by atoms with Crippen molar-refractivity contribution in [2.45, 2.75) is 13.1 Å². The first kappa shape index (κ1) is 17.2. The van der Waals surface area contributed by atoms with Crippen LogP contribution >= 0.6 is 11.3 Å². The van der Waals surface area contributed by atoms with Gasteiger partial charge in [-0.3, -0.25) is 14.8 Å². The molecule has 0 spiro atoms. The van der Waals surface area contributed by atoms with E-state index in [0.717, 1.165) is 21.3 Å². The van der Waals surface area contributed by atoms with Gasteiger partial charge in [0, 0.05) is 13.2 Å². The summed E-state index contributed by atoms with van der Waals surface area (Å²) in [6.07, 6.45) is -3.67. The summed E-state index contributed by atoms with van der Waals surface area (Å²) in [6, 6.07) is 9.42. The number of alkyl halides is 3. The standard InChI is InChI=1S/C16H13F3N4OS/c1-9-12(10-6-4-3-5-7-10)25-15(20-9)21-14(24)11-8-23(2)22-13(11)16(17,18)19/h3-8H,1-2H3,(H,20,21,24). The third kappa shape index (κ3) is 3.55. The number of aryl methyl sites for hydroxylation is 2. The zero-order valence-electron chi connectivity index (χ0n) is 13.3. The lowest BCUT2D eigenvalue weighted by molar-refractivity contribution is -0.141. The summed E-state index contributed by atoms with van der Waals surface area (Å²) in [7, 11) is 1.33. The summed E-state index contributed by atoms with van der Waals surface area (Å²) < 4.78 is 39.9. The van der Waals surface area contributed by atoms with Crippen LogP contribution in [0.5, 0.6) is 0 Å². The van der Waals surface area contributed by atoms with Crippen molar-refractivity contribution in [2.75, 3.05) is 5.32 Å². The molecule has 0 aliphatic rings. The molecule has 1 amide bonds. The predicted octanol–water partition coefficient (Wildman–Crippen LogP) is 4.12. The molecule has 130 valence electrons. The van der Waals surface area contributed by atoms with Gasteiger partial charge in [0.2, 0.25) is 0 Å². The molecule has 2 aromatic heterocycles. The Bertz CT molecular complexity index is 915. The van der Waals surface area contributed by atoms with Crippen LogP contribution in [0.15, 0.2) is 36.5 Å². The number of anilines is 1. The van der Waals surface area contributed by atoms with E-state index >= 15 is 0 Å². The highest BCUT2D eigenvalue weighted by Crippen LogP contribution is 2.34. The number of aromatic nitrogens is 3. The second-order valence-corrected chi connectivity index (χ2v) is 6.32. The molecule has 3 rings (SSSR count). The van der Waals surface area contributed by atoms with E-state index in [9.17, 15) is 18.0 Å². The average Bonchev–Trinajstić information content (AvgIpc) is 3.11. The number of nitrogens with one attached hydrogen (secondary N) is 1. The Labute approximate surface area is 145 Å². The number of hydrogen-bond donors (Lipinski definition) is 1. The van der Waals surface area contributed by atoms with E-state index in [-0.39, 0.29) is 5.13 Å². The number of carbonyl (C=O) groups excluding carboxylic acids is 1. The zero-order valence-corrected chi connectivity index (χ0v) is 14.1. The maximum Gasteiger partial charge on any atom is 0.435 e. The molecule has 1 aromatic carbocycles. The van der Waals surface area contributed by atoms with Crippen LogP contribution in [0, 0.1) is 6.92 Å². The molecule has 1 N–H and O–H groups in total. The molecule has 0 fully saturated rings. The molecule has 0 saturated carbocycles. The van der Waals surface area contributed by atoms with Crippen molar-refractivity contribution in [2.24, 2.45) is 7.05 Å². The maximum atomic E-state index is 13.0. The number of hydrogen-bond acceptors (Lipinski definition) is 4. The number of thiazole rings is 1. The fourth-order valence-electron chi connectivity index (χ4n) is 2.34. The number of carbonyl (C=O) groups is 1. The van der Waals surface area contributed by atoms with E-state index < -0.39 is 23.3 Å². The molecule has 3 aromatic rings. The second kappa shape index (κ2) is 6.32. The first-order chi connectivity index (χ1) is 11.8. The number of nitrogens with zero attached hydrogens (tertiary/aromatic N) is 3. The van der Waals surface area contributed by atoms with Crippen LogP contribution in [0.4, 0.5) is 18.3 Å². The lowest BCUT2D eigenvalue weighted by Gasteiger charge is -2.05. The van der Waals surface area contributed by atoms with Crippen LogP contribution in [0.2, 0.25) is 0 Å². The molecule has 0 aliphatic carbocycles. The summed E-state index contributed by atoms with van der Waals surface area (Å²) in [4.78, 5) is 17.3. The Kier molecular flexibility index (Phi) is 4.34. The smallest absolute Gasteiger partial charge is 0.298 e. The Balaban J connectivity index is 1.88. The van der Waals surface area contributed by atoms with E-state index in [2.05, 4.69) is 15.4 Å². The fourth-order valence-corrected chi connectivity index (χ4v) is 3.30. The molecule has 25 heavy (non-hydrogen) atoms. The van der Waals surface area contributed by atoms with Crippen LogP contribution in [-0.2, 0) is 13.2 Å². The summed E-state index contributed by atoms with van der Waals surface area (Å²) in [6.45, 7) is 1.78. The molecular formula is C16H13F3N4OS. The van der Waals surface area contributed by atoms with Gasteiger partial charge in [-0.2, -0.15) is 18.3 Å². The number of rotatable bonds is 3. The first-order valence-electron chi connectivity index (χ1n) is 7.20. The van der Waals surface area contributed by atoms with Crippen LogP contribution in [-0.4, -0.2) is 20.7 Å². The van der Waals surface area contributed by atoms with Crippen molar-refractivity contribution in [1.82, 2.24) is 14.8 Å². The minimum atomic E-state index is -4.71. The van der Waals surface area contributed by atoms with Crippen molar-refractivity contribution in [3.63, 3.8) is 0 Å². The van der Waals surface area contributed by atoms with Crippen LogP contribution in [0.3, 0.4) is 0 Å². The van der Waals surface area contributed by atoms with Crippen LogP contribution < -0.4 is 5.32 Å². The average molecular weight is 366 g/mol. The largest absolute Gasteiger partial charge is 0.435 e. The first-order valence-corrected chi connectivity index (χ1v) is 8.02. The van der Waals surface area contributed by atoms with Crippen molar-refractivity contribution in [3.8, 4) is 10.4 Å². The van der Waals surface area contributed by atoms with Crippen LogP contribution in [0.25, 0.3) is 10.4 Å². The molecule has 2 heterocycles. The van der Waals surface area contributed by atoms with Crippen LogP contribution in [0.1, 0.15) is 21.7 Å². The minimum Gasteiger partial charge on any atom is -0.298 e. The van der Waals surface area contributed by atoms with Gasteiger partial charge in [-0.05, 0) is 12.5 Å². The highest BCUT2D eigenvalue weighted by Gasteiger charge is 2.39. The molecule has 0 atom stereocenters. The maximum absolute atomic E-state index is 13.0. The topological polar surface area (TPSA) is 59.8 Å². The molecular weight excluding hydrogens is 353 g/mol. The predicted molar refractivity (Wildman–Crippen MR) is 88.5 cm³/mol. The molecule has 0 radical (unpaired) electrons. The lowest BCUT2D eigenvalue weighted by Crippen LogP contribution is -2.17. The Morgan fingerprint density at radius 3 is 2.56 bits per heavy atom. The van der Waals surface area contributed by atoms with Gasteiger partial charge in [0.15, 0.2) is 10.8 Å². The Hall–Kier alpha value is -2.68. The molecule has 0 bridgehead atoms. The number of halogens is 3. The third-order valence-electron chi connectivity index (χ3n) is 3.39. The Morgan fingerprint density at radius 2 is 1.92 bits per heavy atom. The van der Waals surface area contributed by atoms with Crippen molar-refractivity contribution >= 4 is 22.4 Å². The second-order valence-electron chi connectivity index (χ2n) is 5.32. The van der Waals surface area contributed by atoms with Gasteiger partial charge in [0.25, 0.3) is 5.91 Å². The zero-order chi connectivity index (χ0) is 18.2.